The molecule has 0 amide bonds. The lowest BCUT2D eigenvalue weighted by Crippen LogP contribution is -2.10. The summed E-state index contributed by atoms with van der Waals surface area (Å²) in [6.07, 6.45) is 7.30. The molecule has 5 heteroatoms. The molecule has 4 heterocycles. The summed E-state index contributed by atoms with van der Waals surface area (Å²) in [5, 5.41) is 0. The van der Waals surface area contributed by atoms with Gasteiger partial charge in [-0.05, 0) is 106 Å². The molecule has 0 aliphatic rings. The molecule has 5 aromatic carbocycles. The summed E-state index contributed by atoms with van der Waals surface area (Å²) < 4.78 is 0. The van der Waals surface area contributed by atoms with E-state index in [1.165, 1.54) is 0 Å². The van der Waals surface area contributed by atoms with Crippen LogP contribution < -0.4 is 4.90 Å². The molecule has 9 rings (SSSR count). The van der Waals surface area contributed by atoms with E-state index in [4.69, 9.17) is 9.97 Å². The Morgan fingerprint density at radius 3 is 1.13 bits per heavy atom. The third-order valence-electron chi connectivity index (χ3n) is 9.72. The number of aromatic nitrogens is 4. The Hall–Kier alpha value is -7.50. The first-order valence-electron chi connectivity index (χ1n) is 18.3. The van der Waals surface area contributed by atoms with Crippen molar-refractivity contribution in [2.75, 3.05) is 4.90 Å². The van der Waals surface area contributed by atoms with Crippen LogP contribution in [-0.2, 0) is 0 Å². The highest BCUT2D eigenvalue weighted by atomic mass is 15.1. The van der Waals surface area contributed by atoms with Crippen LogP contribution in [0.3, 0.4) is 0 Å². The van der Waals surface area contributed by atoms with Gasteiger partial charge in [0.05, 0.1) is 22.8 Å². The molecule has 0 saturated heterocycles. The van der Waals surface area contributed by atoms with Crippen molar-refractivity contribution < 1.29 is 0 Å². The summed E-state index contributed by atoms with van der Waals surface area (Å²) in [6.45, 7) is 0. The van der Waals surface area contributed by atoms with Crippen LogP contribution in [0.15, 0.2) is 213 Å². The standard InChI is InChI=1S/C50H35N5/c1-4-16-36(17-5-1)45-34-39(26-28-41(45)43-22-14-32-53-49(43)47-24-10-12-30-51-47)55(38-20-8-3-9-21-38)40-27-29-42(46(35-40)37-18-6-2-7-19-37)44-23-15-33-54-50(44)48-25-11-13-31-52-48/h1-35H. The van der Waals surface area contributed by atoms with E-state index in [-0.39, 0.29) is 0 Å². The second kappa shape index (κ2) is 15.2. The van der Waals surface area contributed by atoms with Crippen LogP contribution in [0.1, 0.15) is 0 Å². The number of hydrogen-bond donors (Lipinski definition) is 0. The predicted molar refractivity (Wildman–Crippen MR) is 225 cm³/mol. The van der Waals surface area contributed by atoms with Crippen LogP contribution in [0, 0.1) is 0 Å². The van der Waals surface area contributed by atoms with Gasteiger partial charge in [0.1, 0.15) is 0 Å². The van der Waals surface area contributed by atoms with Crippen molar-refractivity contribution in [3.8, 4) is 67.3 Å². The normalized spacial score (nSPS) is 10.9. The second-order valence-electron chi connectivity index (χ2n) is 13.1. The number of pyridine rings is 4. The maximum atomic E-state index is 4.83. The number of anilines is 3. The Morgan fingerprint density at radius 2 is 0.691 bits per heavy atom. The van der Waals surface area contributed by atoms with Gasteiger partial charge in [-0.25, -0.2) is 0 Å². The highest BCUT2D eigenvalue weighted by Gasteiger charge is 2.21. The molecule has 0 N–H and O–H groups in total. The quantitative estimate of drug-likeness (QED) is 0.150. The van der Waals surface area contributed by atoms with Crippen LogP contribution in [-0.4, -0.2) is 19.9 Å². The first-order chi connectivity index (χ1) is 27.3. The first kappa shape index (κ1) is 33.3. The molecule has 0 radical (unpaired) electrons. The van der Waals surface area contributed by atoms with Gasteiger partial charge in [0.2, 0.25) is 0 Å². The molecule has 0 spiro atoms. The first-order valence-corrected chi connectivity index (χ1v) is 18.3. The zero-order valence-electron chi connectivity index (χ0n) is 29.9. The molecule has 0 bridgehead atoms. The van der Waals surface area contributed by atoms with Crippen molar-refractivity contribution in [2.45, 2.75) is 0 Å². The average molecular weight is 706 g/mol. The smallest absolute Gasteiger partial charge is 0.0964 e. The van der Waals surface area contributed by atoms with Gasteiger partial charge in [-0.15, -0.1) is 0 Å². The van der Waals surface area contributed by atoms with Crippen LogP contribution in [0.5, 0.6) is 0 Å². The van der Waals surface area contributed by atoms with E-state index in [0.29, 0.717) is 0 Å². The van der Waals surface area contributed by atoms with Gasteiger partial charge in [0.25, 0.3) is 0 Å². The summed E-state index contributed by atoms with van der Waals surface area (Å²) >= 11 is 0. The molecule has 0 fully saturated rings. The molecule has 0 atom stereocenters. The average Bonchev–Trinajstić information content (AvgIpc) is 3.28. The summed E-state index contributed by atoms with van der Waals surface area (Å²) in [5.74, 6) is 0. The fraction of sp³-hybridized carbons (Fsp3) is 0. The summed E-state index contributed by atoms with van der Waals surface area (Å²) in [6, 6.07) is 65.3. The lowest BCUT2D eigenvalue weighted by Gasteiger charge is -2.28. The van der Waals surface area contributed by atoms with Crippen molar-refractivity contribution >= 4 is 17.1 Å². The van der Waals surface area contributed by atoms with Crippen LogP contribution in [0.25, 0.3) is 67.3 Å². The SMILES string of the molecule is c1ccc(-c2cc(N(c3ccccc3)c3ccc(-c4cccnc4-c4ccccn4)c(-c4ccccc4)c3)ccc2-c2cccnc2-c2ccccn2)cc1. The fourth-order valence-corrected chi connectivity index (χ4v) is 7.21. The van der Waals surface area contributed by atoms with Crippen LogP contribution >= 0.6 is 0 Å². The Labute approximate surface area is 321 Å². The molecular formula is C50H35N5. The third-order valence-corrected chi connectivity index (χ3v) is 9.72. The van der Waals surface area contributed by atoms with Gasteiger partial charge in [0, 0.05) is 53.0 Å². The molecular weight excluding hydrogens is 671 g/mol. The lowest BCUT2D eigenvalue weighted by atomic mass is 9.91. The van der Waals surface area contributed by atoms with E-state index in [1.54, 1.807) is 0 Å². The minimum absolute atomic E-state index is 0.834. The zero-order valence-corrected chi connectivity index (χ0v) is 29.9. The van der Waals surface area contributed by atoms with Crippen molar-refractivity contribution in [1.82, 2.24) is 19.9 Å². The van der Waals surface area contributed by atoms with Crippen LogP contribution in [0.2, 0.25) is 0 Å². The Morgan fingerprint density at radius 1 is 0.273 bits per heavy atom. The van der Waals surface area contributed by atoms with E-state index in [9.17, 15) is 0 Å². The van der Waals surface area contributed by atoms with E-state index in [2.05, 4.69) is 154 Å². The highest BCUT2D eigenvalue weighted by Crippen LogP contribution is 2.45. The Balaban J connectivity index is 1.25. The summed E-state index contributed by atoms with van der Waals surface area (Å²) in [7, 11) is 0. The molecule has 55 heavy (non-hydrogen) atoms. The van der Waals surface area contributed by atoms with Crippen molar-refractivity contribution in [1.29, 1.82) is 0 Å². The number of nitrogens with zero attached hydrogens (tertiary/aromatic N) is 5. The van der Waals surface area contributed by atoms with Gasteiger partial charge in [-0.1, -0.05) is 115 Å². The molecule has 5 nitrogen and oxygen atoms in total. The fourth-order valence-electron chi connectivity index (χ4n) is 7.21. The maximum absolute atomic E-state index is 4.83. The largest absolute Gasteiger partial charge is 0.310 e. The Bertz CT molecular complexity index is 2520. The molecule has 0 aliphatic heterocycles. The number of rotatable bonds is 9. The molecule has 0 aliphatic carbocycles. The topological polar surface area (TPSA) is 54.8 Å². The van der Waals surface area contributed by atoms with Gasteiger partial charge in [-0.3, -0.25) is 19.9 Å². The lowest BCUT2D eigenvalue weighted by molar-refractivity contribution is 1.24. The molecule has 4 aromatic heterocycles. The van der Waals surface area contributed by atoms with Crippen LogP contribution in [0.4, 0.5) is 17.1 Å². The van der Waals surface area contributed by atoms with Crippen molar-refractivity contribution in [3.05, 3.63) is 213 Å². The second-order valence-corrected chi connectivity index (χ2v) is 13.1. The number of hydrogen-bond acceptors (Lipinski definition) is 5. The van der Waals surface area contributed by atoms with Crippen molar-refractivity contribution in [2.24, 2.45) is 0 Å². The van der Waals surface area contributed by atoms with Crippen molar-refractivity contribution in [3.63, 3.8) is 0 Å². The molecule has 0 unspecified atom stereocenters. The zero-order chi connectivity index (χ0) is 36.8. The number of benzene rings is 5. The molecule has 9 aromatic rings. The van der Waals surface area contributed by atoms with E-state index < -0.39 is 0 Å². The van der Waals surface area contributed by atoms with E-state index in [1.807, 2.05) is 73.3 Å². The summed E-state index contributed by atoms with van der Waals surface area (Å²) in [4.78, 5) is 21.3. The predicted octanol–water partition coefficient (Wildman–Crippen LogP) is 12.7. The maximum Gasteiger partial charge on any atom is 0.0964 e. The van der Waals surface area contributed by atoms with Gasteiger partial charge in [0.15, 0.2) is 0 Å². The number of para-hydroxylation sites is 1. The van der Waals surface area contributed by atoms with Gasteiger partial charge < -0.3 is 4.90 Å². The Kier molecular flexibility index (Phi) is 9.23. The minimum Gasteiger partial charge on any atom is -0.310 e. The monoisotopic (exact) mass is 705 g/mol. The minimum atomic E-state index is 0.834. The molecule has 260 valence electrons. The van der Waals surface area contributed by atoms with Gasteiger partial charge in [-0.2, -0.15) is 0 Å². The summed E-state index contributed by atoms with van der Waals surface area (Å²) in [5.41, 5.74) is 15.1. The van der Waals surface area contributed by atoms with Gasteiger partial charge >= 0.3 is 0 Å². The molecule has 0 saturated carbocycles. The van der Waals surface area contributed by atoms with E-state index >= 15 is 0 Å². The third kappa shape index (κ3) is 6.78. The highest BCUT2D eigenvalue weighted by molar-refractivity contribution is 5.95. The van der Waals surface area contributed by atoms with E-state index in [0.717, 1.165) is 84.3 Å².